The Hall–Kier alpha value is -4.20. The number of hydrogen-bond acceptors (Lipinski definition) is 2. The molecule has 3 nitrogen and oxygen atoms in total. The number of nitrogens with one attached hydrogen (secondary N) is 1. The van der Waals surface area contributed by atoms with Gasteiger partial charge in [-0.1, -0.05) is 115 Å². The molecule has 4 heteroatoms. The van der Waals surface area contributed by atoms with Gasteiger partial charge in [-0.2, -0.15) is 0 Å². The van der Waals surface area contributed by atoms with E-state index in [-0.39, 0.29) is 12.4 Å². The fourth-order valence-corrected chi connectivity index (χ4v) is 9.68. The van der Waals surface area contributed by atoms with Gasteiger partial charge in [0.25, 0.3) is 0 Å². The molecule has 0 unspecified atom stereocenters. The van der Waals surface area contributed by atoms with E-state index in [9.17, 15) is 4.79 Å². The maximum Gasteiger partial charge on any atom is 0.410 e. The maximum absolute atomic E-state index is 13.4. The Kier molecular flexibility index (Phi) is 8.28. The average molecular weight is 517 g/mol. The summed E-state index contributed by atoms with van der Waals surface area (Å²) in [7, 11) is -2.39. The molecule has 0 heterocycles. The average Bonchev–Trinajstić information content (AvgIpc) is 2.99. The molecule has 0 saturated carbocycles. The van der Waals surface area contributed by atoms with E-state index < -0.39 is 13.4 Å². The quantitative estimate of drug-likeness (QED) is 0.228. The molecule has 5 rings (SSSR count). The zero-order chi connectivity index (χ0) is 26.0. The molecular weight excluding hydrogens is 485 g/mol. The van der Waals surface area contributed by atoms with Crippen molar-refractivity contribution in [2.24, 2.45) is 0 Å². The Balaban J connectivity index is 1.64. The van der Waals surface area contributed by atoms with Gasteiger partial charge < -0.3 is 4.74 Å². The van der Waals surface area contributed by atoms with Crippen LogP contribution in [0.3, 0.4) is 0 Å². The summed E-state index contributed by atoms with van der Waals surface area (Å²) in [5.74, 6) is -0.236. The predicted molar refractivity (Wildman–Crippen MR) is 159 cm³/mol. The molecule has 0 saturated heterocycles. The van der Waals surface area contributed by atoms with Gasteiger partial charge in [-0.05, 0) is 47.5 Å². The van der Waals surface area contributed by atoms with Crippen molar-refractivity contribution in [2.75, 3.05) is 0 Å². The van der Waals surface area contributed by atoms with Crippen molar-refractivity contribution in [3.8, 4) is 0 Å². The zero-order valence-electron chi connectivity index (χ0n) is 21.2. The van der Waals surface area contributed by atoms with Crippen LogP contribution < -0.4 is 21.2 Å². The summed E-state index contributed by atoms with van der Waals surface area (Å²) in [6.07, 6.45) is 0.246. The van der Waals surface area contributed by atoms with Gasteiger partial charge in [-0.25, -0.2) is 4.79 Å². The van der Waals surface area contributed by atoms with Crippen molar-refractivity contribution in [3.63, 3.8) is 0 Å². The molecule has 0 radical (unpaired) electrons. The highest BCUT2D eigenvalue weighted by molar-refractivity contribution is 7.96. The van der Waals surface area contributed by atoms with Crippen molar-refractivity contribution < 1.29 is 9.53 Å². The smallest absolute Gasteiger partial charge is 0.410 e. The van der Waals surface area contributed by atoms with Crippen molar-refractivity contribution in [1.29, 1.82) is 0 Å². The number of alkyl carbamates (subject to hydrolysis) is 1. The van der Waals surface area contributed by atoms with Gasteiger partial charge in [0.15, 0.2) is 5.78 Å². The van der Waals surface area contributed by atoms with Gasteiger partial charge in [0.2, 0.25) is 0 Å². The van der Waals surface area contributed by atoms with Crippen molar-refractivity contribution in [1.82, 2.24) is 5.32 Å². The summed E-state index contributed by atoms with van der Waals surface area (Å²) in [5, 5.41) is 6.99. The van der Waals surface area contributed by atoms with E-state index in [1.54, 1.807) is 0 Å². The van der Waals surface area contributed by atoms with Crippen LogP contribution in [0.25, 0.3) is 0 Å². The minimum absolute atomic E-state index is 0.220. The van der Waals surface area contributed by atoms with Crippen LogP contribution in [-0.2, 0) is 17.8 Å². The largest absolute Gasteiger partial charge is 0.445 e. The number of carbonyl (C=O) groups excluding carboxylic acids is 1. The molecule has 0 bridgehead atoms. The maximum atomic E-state index is 13.4. The Labute approximate surface area is 225 Å². The molecule has 1 N–H and O–H groups in total. The number of rotatable bonds is 9. The molecule has 1 amide bonds. The molecule has 0 aliphatic carbocycles. The summed E-state index contributed by atoms with van der Waals surface area (Å²) in [6.45, 7) is 0.220. The van der Waals surface area contributed by atoms with Gasteiger partial charge in [0.1, 0.15) is 29.8 Å². The first-order valence-electron chi connectivity index (χ1n) is 12.8. The van der Waals surface area contributed by atoms with Crippen molar-refractivity contribution in [2.45, 2.75) is 18.8 Å². The minimum Gasteiger partial charge on any atom is -0.445 e. The summed E-state index contributed by atoms with van der Waals surface area (Å²) in [5.41, 5.74) is 2.12. The normalized spacial score (nSPS) is 11.9. The second-order valence-electron chi connectivity index (χ2n) is 9.14. The molecule has 1 atom stereocenters. The van der Waals surface area contributed by atoms with E-state index >= 15 is 0 Å². The first-order valence-corrected chi connectivity index (χ1v) is 14.7. The summed E-state index contributed by atoms with van der Waals surface area (Å²) >= 11 is 0. The molecule has 38 heavy (non-hydrogen) atoms. The molecule has 0 aromatic heterocycles. The summed E-state index contributed by atoms with van der Waals surface area (Å²) < 4.78 is 5.77. The SMILES string of the molecule is O=C(N[C@H](Cc1ccccc1)[P+](c1ccccc1)(c1ccccc1)c1ccccc1)OCc1ccccc1. The fraction of sp³-hybridized carbons (Fsp3) is 0.0882. The molecular formula is C34H31NO2P+. The van der Waals surface area contributed by atoms with Crippen LogP contribution >= 0.6 is 7.26 Å². The lowest BCUT2D eigenvalue weighted by atomic mass is 10.1. The highest BCUT2D eigenvalue weighted by Gasteiger charge is 2.53. The lowest BCUT2D eigenvalue weighted by molar-refractivity contribution is 0.138. The van der Waals surface area contributed by atoms with Crippen LogP contribution in [0.1, 0.15) is 11.1 Å². The third-order valence-corrected chi connectivity index (χ3v) is 11.3. The Morgan fingerprint density at radius 2 is 0.921 bits per heavy atom. The first-order chi connectivity index (χ1) is 18.8. The molecule has 188 valence electrons. The highest BCUT2D eigenvalue weighted by atomic mass is 31.2. The fourth-order valence-electron chi connectivity index (χ4n) is 5.00. The second-order valence-corrected chi connectivity index (χ2v) is 12.8. The number of hydrogen-bond donors (Lipinski definition) is 1. The lowest BCUT2D eigenvalue weighted by Gasteiger charge is -2.35. The first kappa shape index (κ1) is 25.4. The number of carbonyl (C=O) groups is 1. The van der Waals surface area contributed by atoms with E-state index in [0.717, 1.165) is 11.1 Å². The topological polar surface area (TPSA) is 38.3 Å². The van der Waals surface area contributed by atoms with Crippen molar-refractivity contribution in [3.05, 3.63) is 163 Å². The van der Waals surface area contributed by atoms with Crippen molar-refractivity contribution >= 4 is 29.3 Å². The molecule has 0 spiro atoms. The van der Waals surface area contributed by atoms with Gasteiger partial charge >= 0.3 is 6.09 Å². The monoisotopic (exact) mass is 516 g/mol. The standard InChI is InChI=1S/C34H30NO2P/c36-34(37-27-29-18-8-2-9-19-29)35-33(26-28-16-6-1-7-17-28)38(30-20-10-3-11-21-30,31-22-12-4-13-23-31)32-24-14-5-15-25-32/h1-25,33H,26-27H2/p+1/t33-/m0/s1. The summed E-state index contributed by atoms with van der Waals surface area (Å²) in [6, 6.07) is 52.0. The molecule has 5 aromatic carbocycles. The predicted octanol–water partition coefficient (Wildman–Crippen LogP) is 6.48. The Morgan fingerprint density at radius 3 is 1.34 bits per heavy atom. The van der Waals surface area contributed by atoms with Crippen LogP contribution in [-0.4, -0.2) is 11.9 Å². The Morgan fingerprint density at radius 1 is 0.553 bits per heavy atom. The Bertz CT molecular complexity index is 1320. The number of amides is 1. The highest BCUT2D eigenvalue weighted by Crippen LogP contribution is 2.59. The van der Waals surface area contributed by atoms with E-state index in [1.807, 2.05) is 66.7 Å². The van der Waals surface area contributed by atoms with Gasteiger partial charge in [0.05, 0.1) is 0 Å². The van der Waals surface area contributed by atoms with E-state index in [2.05, 4.69) is 90.2 Å². The van der Waals surface area contributed by atoms with Crippen LogP contribution in [0.2, 0.25) is 0 Å². The molecule has 5 aromatic rings. The minimum atomic E-state index is -2.39. The van der Waals surface area contributed by atoms with Crippen LogP contribution in [0.15, 0.2) is 152 Å². The van der Waals surface area contributed by atoms with Gasteiger partial charge in [0, 0.05) is 6.42 Å². The number of benzene rings is 5. The lowest BCUT2D eigenvalue weighted by Crippen LogP contribution is -2.48. The summed E-state index contributed by atoms with van der Waals surface area (Å²) in [4.78, 5) is 13.4. The number of ether oxygens (including phenoxy) is 1. The van der Waals surface area contributed by atoms with Gasteiger partial charge in [-0.3, -0.25) is 5.32 Å². The van der Waals surface area contributed by atoms with Crippen LogP contribution in [0.4, 0.5) is 4.79 Å². The third-order valence-electron chi connectivity index (χ3n) is 6.73. The molecule has 0 aliphatic rings. The molecule has 0 fully saturated rings. The van der Waals surface area contributed by atoms with Gasteiger partial charge in [-0.15, -0.1) is 0 Å². The van der Waals surface area contributed by atoms with E-state index in [4.69, 9.17) is 4.74 Å². The van der Waals surface area contributed by atoms with E-state index in [0.29, 0.717) is 6.42 Å². The van der Waals surface area contributed by atoms with E-state index in [1.165, 1.54) is 15.9 Å². The zero-order valence-corrected chi connectivity index (χ0v) is 22.1. The molecule has 0 aliphatic heterocycles. The van der Waals surface area contributed by atoms with Crippen LogP contribution in [0.5, 0.6) is 0 Å². The second kappa shape index (κ2) is 12.4. The third kappa shape index (κ3) is 5.69. The van der Waals surface area contributed by atoms with Crippen LogP contribution in [0, 0.1) is 0 Å².